The van der Waals surface area contributed by atoms with E-state index in [1.54, 1.807) is 24.3 Å². The molecule has 0 aliphatic rings. The number of anilines is 1. The summed E-state index contributed by atoms with van der Waals surface area (Å²) in [6, 6.07) is 14.6. The summed E-state index contributed by atoms with van der Waals surface area (Å²) in [4.78, 5) is 12.4. The van der Waals surface area contributed by atoms with Gasteiger partial charge in [0.15, 0.2) is 0 Å². The van der Waals surface area contributed by atoms with Crippen LogP contribution < -0.4 is 19.1 Å². The van der Waals surface area contributed by atoms with Crippen LogP contribution >= 0.6 is 0 Å². The molecule has 0 unspecified atom stereocenters. The number of benzene rings is 2. The monoisotopic (exact) mass is 462 g/mol. The summed E-state index contributed by atoms with van der Waals surface area (Å²) < 4.78 is 36.8. The van der Waals surface area contributed by atoms with Crippen molar-refractivity contribution in [2.24, 2.45) is 0 Å². The number of nitrogens with one attached hydrogen (secondary N) is 1. The molecule has 7 nitrogen and oxygen atoms in total. The number of amides is 1. The van der Waals surface area contributed by atoms with Crippen molar-refractivity contribution in [3.05, 3.63) is 54.1 Å². The number of hydrogen-bond acceptors (Lipinski definition) is 5. The van der Waals surface area contributed by atoms with E-state index in [0.717, 1.165) is 34.7 Å². The van der Waals surface area contributed by atoms with Gasteiger partial charge in [-0.2, -0.15) is 0 Å². The van der Waals surface area contributed by atoms with Crippen LogP contribution in [0.4, 0.5) is 5.69 Å². The van der Waals surface area contributed by atoms with E-state index in [-0.39, 0.29) is 24.7 Å². The molecule has 32 heavy (non-hydrogen) atoms. The lowest BCUT2D eigenvalue weighted by Gasteiger charge is -2.22. The van der Waals surface area contributed by atoms with Gasteiger partial charge in [0.25, 0.3) is 0 Å². The highest BCUT2D eigenvalue weighted by atomic mass is 32.2. The second-order valence-electron chi connectivity index (χ2n) is 8.19. The molecule has 1 amide bonds. The van der Waals surface area contributed by atoms with E-state index in [0.29, 0.717) is 18.0 Å². The largest absolute Gasteiger partial charge is 0.491 e. The van der Waals surface area contributed by atoms with Crippen LogP contribution in [-0.4, -0.2) is 45.9 Å². The highest BCUT2D eigenvalue weighted by molar-refractivity contribution is 7.92. The van der Waals surface area contributed by atoms with Crippen molar-refractivity contribution in [3.63, 3.8) is 0 Å². The Morgan fingerprint density at radius 2 is 1.41 bits per heavy atom. The fourth-order valence-electron chi connectivity index (χ4n) is 3.08. The van der Waals surface area contributed by atoms with Crippen LogP contribution in [0.15, 0.2) is 48.5 Å². The molecule has 0 aromatic heterocycles. The fourth-order valence-corrected chi connectivity index (χ4v) is 3.93. The molecule has 0 bridgehead atoms. The Labute approximate surface area is 191 Å². The minimum atomic E-state index is -3.62. The molecule has 176 valence electrons. The lowest BCUT2D eigenvalue weighted by molar-refractivity contribution is -0.119. The molecular formula is C24H34N2O5S. The Bertz CT molecular complexity index is 955. The molecule has 0 aliphatic carbocycles. The number of carbonyl (C=O) groups is 1. The number of sulfonamides is 1. The predicted octanol–water partition coefficient (Wildman–Crippen LogP) is 3.78. The van der Waals surface area contributed by atoms with Gasteiger partial charge in [0, 0.05) is 6.54 Å². The molecule has 2 rings (SSSR count). The average molecular weight is 463 g/mol. The normalized spacial score (nSPS) is 11.5. The topological polar surface area (TPSA) is 84.9 Å². The summed E-state index contributed by atoms with van der Waals surface area (Å²) in [6.45, 7) is 7.98. The van der Waals surface area contributed by atoms with Gasteiger partial charge >= 0.3 is 0 Å². The highest BCUT2D eigenvalue weighted by Crippen LogP contribution is 2.22. The second kappa shape index (κ2) is 11.8. The molecule has 2 aromatic carbocycles. The summed E-state index contributed by atoms with van der Waals surface area (Å²) in [5.74, 6) is 1.13. The van der Waals surface area contributed by atoms with E-state index in [1.807, 2.05) is 52.0 Å². The average Bonchev–Trinajstić information content (AvgIpc) is 2.70. The highest BCUT2D eigenvalue weighted by Gasteiger charge is 2.20. The third-order valence-corrected chi connectivity index (χ3v) is 5.58. The van der Waals surface area contributed by atoms with E-state index < -0.39 is 10.0 Å². The molecule has 0 heterocycles. The molecule has 0 aliphatic heterocycles. The quantitative estimate of drug-likeness (QED) is 0.485. The Morgan fingerprint density at radius 1 is 0.906 bits per heavy atom. The third kappa shape index (κ3) is 8.78. The number of rotatable bonds is 12. The van der Waals surface area contributed by atoms with E-state index in [4.69, 9.17) is 9.47 Å². The SMILES string of the molecule is CC(C)Oc1ccc(CCCNC(=O)CN(c2ccc(OC(C)C)cc2)S(C)(=O)=O)cc1. The third-order valence-electron chi connectivity index (χ3n) is 4.44. The van der Waals surface area contributed by atoms with Crippen LogP contribution in [0.1, 0.15) is 39.7 Å². The summed E-state index contributed by atoms with van der Waals surface area (Å²) in [6.07, 6.45) is 2.79. The maximum Gasteiger partial charge on any atom is 0.240 e. The Balaban J connectivity index is 1.86. The Kier molecular flexibility index (Phi) is 9.38. The van der Waals surface area contributed by atoms with Gasteiger partial charge in [-0.1, -0.05) is 12.1 Å². The van der Waals surface area contributed by atoms with Crippen molar-refractivity contribution < 1.29 is 22.7 Å². The van der Waals surface area contributed by atoms with Crippen LogP contribution in [0, 0.1) is 0 Å². The lowest BCUT2D eigenvalue weighted by Crippen LogP contribution is -2.40. The number of aryl methyl sites for hydroxylation is 1. The van der Waals surface area contributed by atoms with Gasteiger partial charge in [0.1, 0.15) is 18.0 Å². The molecular weight excluding hydrogens is 428 g/mol. The molecule has 0 saturated heterocycles. The van der Waals surface area contributed by atoms with Crippen molar-refractivity contribution >= 4 is 21.6 Å². The van der Waals surface area contributed by atoms with Gasteiger partial charge in [-0.15, -0.1) is 0 Å². The Hall–Kier alpha value is -2.74. The van der Waals surface area contributed by atoms with E-state index in [1.165, 1.54) is 0 Å². The van der Waals surface area contributed by atoms with E-state index in [2.05, 4.69) is 5.32 Å². The molecule has 0 fully saturated rings. The zero-order valence-corrected chi connectivity index (χ0v) is 20.3. The number of hydrogen-bond donors (Lipinski definition) is 1. The summed E-state index contributed by atoms with van der Waals surface area (Å²) >= 11 is 0. The molecule has 0 radical (unpaired) electrons. The first-order valence-electron chi connectivity index (χ1n) is 10.8. The second-order valence-corrected chi connectivity index (χ2v) is 10.1. The van der Waals surface area contributed by atoms with Gasteiger partial charge in [-0.25, -0.2) is 8.42 Å². The van der Waals surface area contributed by atoms with Gasteiger partial charge in [0.2, 0.25) is 15.9 Å². The van der Waals surface area contributed by atoms with E-state index >= 15 is 0 Å². The maximum absolute atomic E-state index is 12.4. The van der Waals surface area contributed by atoms with Crippen LogP contribution in [0.3, 0.4) is 0 Å². The summed E-state index contributed by atoms with van der Waals surface area (Å²) in [5.41, 5.74) is 1.57. The van der Waals surface area contributed by atoms with Crippen LogP contribution in [0.5, 0.6) is 11.5 Å². The zero-order chi connectivity index (χ0) is 23.7. The van der Waals surface area contributed by atoms with Gasteiger partial charge in [-0.05, 0) is 82.5 Å². The molecule has 2 aromatic rings. The van der Waals surface area contributed by atoms with Crippen molar-refractivity contribution in [2.75, 3.05) is 23.7 Å². The molecule has 0 saturated carbocycles. The molecule has 8 heteroatoms. The van der Waals surface area contributed by atoms with Gasteiger partial charge < -0.3 is 14.8 Å². The number of carbonyl (C=O) groups excluding carboxylic acids is 1. The fraction of sp³-hybridized carbons (Fsp3) is 0.458. The number of nitrogens with zero attached hydrogens (tertiary/aromatic N) is 1. The maximum atomic E-state index is 12.4. The summed E-state index contributed by atoms with van der Waals surface area (Å²) in [7, 11) is -3.62. The number of ether oxygens (including phenoxy) is 2. The minimum absolute atomic E-state index is 0.0175. The first kappa shape index (κ1) is 25.5. The Morgan fingerprint density at radius 3 is 1.88 bits per heavy atom. The van der Waals surface area contributed by atoms with Crippen molar-refractivity contribution in [3.8, 4) is 11.5 Å². The smallest absolute Gasteiger partial charge is 0.240 e. The van der Waals surface area contributed by atoms with Gasteiger partial charge in [0.05, 0.1) is 24.2 Å². The van der Waals surface area contributed by atoms with Crippen molar-refractivity contribution in [1.82, 2.24) is 5.32 Å². The summed E-state index contributed by atoms with van der Waals surface area (Å²) in [5, 5.41) is 2.81. The van der Waals surface area contributed by atoms with Crippen LogP contribution in [0.2, 0.25) is 0 Å². The van der Waals surface area contributed by atoms with Crippen molar-refractivity contribution in [1.29, 1.82) is 0 Å². The van der Waals surface area contributed by atoms with E-state index in [9.17, 15) is 13.2 Å². The lowest BCUT2D eigenvalue weighted by atomic mass is 10.1. The first-order chi connectivity index (χ1) is 15.0. The minimum Gasteiger partial charge on any atom is -0.491 e. The van der Waals surface area contributed by atoms with Crippen LogP contribution in [0.25, 0.3) is 0 Å². The zero-order valence-electron chi connectivity index (χ0n) is 19.5. The van der Waals surface area contributed by atoms with Gasteiger partial charge in [-0.3, -0.25) is 9.10 Å². The van der Waals surface area contributed by atoms with Crippen LogP contribution in [-0.2, 0) is 21.2 Å². The van der Waals surface area contributed by atoms with Crippen molar-refractivity contribution in [2.45, 2.75) is 52.7 Å². The predicted molar refractivity (Wildman–Crippen MR) is 128 cm³/mol. The molecule has 1 N–H and O–H groups in total. The standard InChI is InChI=1S/C24H34N2O5S/c1-18(2)30-22-12-8-20(9-13-22)7-6-16-25-24(27)17-26(32(5,28)29)21-10-14-23(15-11-21)31-19(3)4/h8-15,18-19H,6-7,16-17H2,1-5H3,(H,25,27). The molecule has 0 spiro atoms. The first-order valence-corrected chi connectivity index (χ1v) is 12.7. The molecule has 0 atom stereocenters.